The fraction of sp³-hybridized carbons (Fsp3) is 0.500. The van der Waals surface area contributed by atoms with Crippen molar-refractivity contribution in [2.75, 3.05) is 6.54 Å². The molecule has 114 valence electrons. The zero-order valence-corrected chi connectivity index (χ0v) is 12.5. The van der Waals surface area contributed by atoms with E-state index >= 15 is 0 Å². The molecule has 1 aliphatic rings. The van der Waals surface area contributed by atoms with Crippen LogP contribution in [0.25, 0.3) is 0 Å². The topological polar surface area (TPSA) is 78.4 Å². The quantitative estimate of drug-likeness (QED) is 0.753. The van der Waals surface area contributed by atoms with Gasteiger partial charge in [-0.2, -0.15) is 0 Å². The van der Waals surface area contributed by atoms with Crippen LogP contribution in [0.4, 0.5) is 4.79 Å². The molecular formula is C16H22N2O3. The molecule has 1 aromatic rings. The maximum absolute atomic E-state index is 12.0. The zero-order chi connectivity index (χ0) is 15.5. The van der Waals surface area contributed by atoms with Crippen molar-refractivity contribution in [3.8, 4) is 0 Å². The van der Waals surface area contributed by atoms with E-state index in [2.05, 4.69) is 17.6 Å². The van der Waals surface area contributed by atoms with Gasteiger partial charge in [0.25, 0.3) is 0 Å². The van der Waals surface area contributed by atoms with Crippen LogP contribution >= 0.6 is 0 Å². The number of benzene rings is 1. The summed E-state index contributed by atoms with van der Waals surface area (Å²) in [6.45, 7) is 4.20. The van der Waals surface area contributed by atoms with Crippen molar-refractivity contribution in [3.05, 3.63) is 35.9 Å². The number of carboxylic acids is 1. The molecule has 0 aliphatic heterocycles. The Balaban J connectivity index is 2.03. The molecule has 5 heteroatoms. The first kappa shape index (κ1) is 15.4. The van der Waals surface area contributed by atoms with E-state index in [1.165, 1.54) is 6.92 Å². The van der Waals surface area contributed by atoms with E-state index in [0.29, 0.717) is 12.1 Å². The van der Waals surface area contributed by atoms with Crippen LogP contribution in [0.5, 0.6) is 0 Å². The number of carbonyl (C=O) groups excluding carboxylic acids is 1. The number of hydrogen-bond acceptors (Lipinski definition) is 2. The molecule has 1 aliphatic carbocycles. The molecule has 5 nitrogen and oxygen atoms in total. The van der Waals surface area contributed by atoms with Crippen LogP contribution in [-0.2, 0) is 10.3 Å². The average Bonchev–Trinajstić information content (AvgIpc) is 3.26. The summed E-state index contributed by atoms with van der Waals surface area (Å²) in [6.07, 6.45) is 3.28. The van der Waals surface area contributed by atoms with Crippen molar-refractivity contribution in [2.45, 2.75) is 38.6 Å². The van der Waals surface area contributed by atoms with E-state index in [4.69, 9.17) is 0 Å². The second-order valence-electron chi connectivity index (χ2n) is 5.96. The molecule has 0 bridgehead atoms. The maximum Gasteiger partial charge on any atom is 0.333 e. The third kappa shape index (κ3) is 3.35. The van der Waals surface area contributed by atoms with E-state index in [0.717, 1.165) is 19.3 Å². The van der Waals surface area contributed by atoms with E-state index in [9.17, 15) is 14.7 Å². The number of amides is 2. The molecular weight excluding hydrogens is 268 g/mol. The predicted octanol–water partition coefficient (Wildman–Crippen LogP) is 2.48. The molecule has 0 heterocycles. The van der Waals surface area contributed by atoms with Gasteiger partial charge in [-0.25, -0.2) is 9.59 Å². The summed E-state index contributed by atoms with van der Waals surface area (Å²) in [5, 5.41) is 14.9. The van der Waals surface area contributed by atoms with Crippen molar-refractivity contribution >= 4 is 12.0 Å². The Kier molecular flexibility index (Phi) is 4.21. The van der Waals surface area contributed by atoms with Crippen molar-refractivity contribution in [3.63, 3.8) is 0 Å². The van der Waals surface area contributed by atoms with Crippen LogP contribution in [-0.4, -0.2) is 23.7 Å². The Morgan fingerprint density at radius 1 is 1.29 bits per heavy atom. The molecule has 0 saturated heterocycles. The van der Waals surface area contributed by atoms with Gasteiger partial charge in [-0.1, -0.05) is 37.3 Å². The average molecular weight is 290 g/mol. The summed E-state index contributed by atoms with van der Waals surface area (Å²) < 4.78 is 0. The number of carbonyl (C=O) groups is 2. The Bertz CT molecular complexity index is 526. The molecule has 2 rings (SSSR count). The maximum atomic E-state index is 12.0. The molecule has 1 aromatic carbocycles. The molecule has 1 atom stereocenters. The number of aliphatic carboxylic acids is 1. The first-order valence-electron chi connectivity index (χ1n) is 7.27. The van der Waals surface area contributed by atoms with Gasteiger partial charge >= 0.3 is 12.0 Å². The SMILES string of the molecule is CCC1(CNC(=O)NC(C)(C(=O)O)c2ccccc2)CC1. The summed E-state index contributed by atoms with van der Waals surface area (Å²) in [6, 6.07) is 8.28. The molecule has 0 radical (unpaired) electrons. The third-order valence-electron chi connectivity index (χ3n) is 4.47. The summed E-state index contributed by atoms with van der Waals surface area (Å²) >= 11 is 0. The van der Waals surface area contributed by atoms with Crippen LogP contribution in [0, 0.1) is 5.41 Å². The minimum atomic E-state index is -1.44. The van der Waals surface area contributed by atoms with Crippen molar-refractivity contribution < 1.29 is 14.7 Å². The molecule has 3 N–H and O–H groups in total. The van der Waals surface area contributed by atoms with Gasteiger partial charge in [-0.3, -0.25) is 0 Å². The Morgan fingerprint density at radius 2 is 1.90 bits per heavy atom. The minimum Gasteiger partial charge on any atom is -0.479 e. The Labute approximate surface area is 124 Å². The zero-order valence-electron chi connectivity index (χ0n) is 12.5. The lowest BCUT2D eigenvalue weighted by Gasteiger charge is -2.27. The lowest BCUT2D eigenvalue weighted by atomic mass is 9.92. The molecule has 0 spiro atoms. The third-order valence-corrected chi connectivity index (χ3v) is 4.47. The number of rotatable bonds is 6. The lowest BCUT2D eigenvalue weighted by molar-refractivity contribution is -0.144. The van der Waals surface area contributed by atoms with Crippen molar-refractivity contribution in [1.29, 1.82) is 0 Å². The van der Waals surface area contributed by atoms with Crippen LogP contribution in [0.1, 0.15) is 38.7 Å². The molecule has 0 aromatic heterocycles. The van der Waals surface area contributed by atoms with Crippen LogP contribution in [0.3, 0.4) is 0 Å². The van der Waals surface area contributed by atoms with Gasteiger partial charge in [-0.05, 0) is 37.2 Å². The molecule has 1 unspecified atom stereocenters. The first-order valence-corrected chi connectivity index (χ1v) is 7.27. The lowest BCUT2D eigenvalue weighted by Crippen LogP contribution is -2.53. The standard InChI is InChI=1S/C16H22N2O3/c1-3-16(9-10-16)11-17-14(21)18-15(2,13(19)20)12-7-5-4-6-8-12/h4-8H,3,9-11H2,1-2H3,(H,19,20)(H2,17,18,21). The second kappa shape index (κ2) is 5.76. The first-order chi connectivity index (χ1) is 9.92. The summed E-state index contributed by atoms with van der Waals surface area (Å²) in [5.41, 5.74) is -0.665. The van der Waals surface area contributed by atoms with Crippen LogP contribution < -0.4 is 10.6 Å². The van der Waals surface area contributed by atoms with E-state index < -0.39 is 17.5 Å². The molecule has 21 heavy (non-hydrogen) atoms. The van der Waals surface area contributed by atoms with Crippen molar-refractivity contribution in [1.82, 2.24) is 10.6 Å². The van der Waals surface area contributed by atoms with E-state index in [-0.39, 0.29) is 5.41 Å². The number of carboxylic acid groups (broad SMARTS) is 1. The van der Waals surface area contributed by atoms with Crippen LogP contribution in [0.2, 0.25) is 0 Å². The number of hydrogen-bond donors (Lipinski definition) is 3. The van der Waals surface area contributed by atoms with E-state index in [1.807, 2.05) is 6.07 Å². The summed E-state index contributed by atoms with van der Waals surface area (Å²) in [7, 11) is 0. The molecule has 2 amide bonds. The normalized spacial score (nSPS) is 18.4. The van der Waals surface area contributed by atoms with Gasteiger partial charge in [0.15, 0.2) is 5.54 Å². The minimum absolute atomic E-state index is 0.226. The van der Waals surface area contributed by atoms with Gasteiger partial charge in [0.2, 0.25) is 0 Å². The Hall–Kier alpha value is -2.04. The molecule has 1 saturated carbocycles. The number of nitrogens with one attached hydrogen (secondary N) is 2. The number of urea groups is 1. The van der Waals surface area contributed by atoms with Crippen molar-refractivity contribution in [2.24, 2.45) is 5.41 Å². The highest BCUT2D eigenvalue weighted by molar-refractivity contribution is 5.87. The molecule has 1 fully saturated rings. The largest absolute Gasteiger partial charge is 0.479 e. The highest BCUT2D eigenvalue weighted by Crippen LogP contribution is 2.47. The fourth-order valence-corrected chi connectivity index (χ4v) is 2.39. The van der Waals surface area contributed by atoms with Gasteiger partial charge < -0.3 is 15.7 Å². The van der Waals surface area contributed by atoms with Gasteiger partial charge in [0.05, 0.1) is 0 Å². The second-order valence-corrected chi connectivity index (χ2v) is 5.96. The monoisotopic (exact) mass is 290 g/mol. The van der Waals surface area contributed by atoms with Gasteiger partial charge in [0, 0.05) is 6.54 Å². The summed E-state index contributed by atoms with van der Waals surface area (Å²) in [4.78, 5) is 23.6. The predicted molar refractivity (Wildman–Crippen MR) is 79.9 cm³/mol. The highest BCUT2D eigenvalue weighted by atomic mass is 16.4. The fourth-order valence-electron chi connectivity index (χ4n) is 2.39. The van der Waals surface area contributed by atoms with Gasteiger partial charge in [-0.15, -0.1) is 0 Å². The Morgan fingerprint density at radius 3 is 2.38 bits per heavy atom. The van der Waals surface area contributed by atoms with Crippen LogP contribution in [0.15, 0.2) is 30.3 Å². The summed E-state index contributed by atoms with van der Waals surface area (Å²) in [5.74, 6) is -1.08. The highest BCUT2D eigenvalue weighted by Gasteiger charge is 2.42. The smallest absolute Gasteiger partial charge is 0.333 e. The van der Waals surface area contributed by atoms with E-state index in [1.54, 1.807) is 24.3 Å². The van der Waals surface area contributed by atoms with Gasteiger partial charge in [0.1, 0.15) is 0 Å².